The van der Waals surface area contributed by atoms with E-state index in [-0.39, 0.29) is 6.10 Å². The Hall–Kier alpha value is -0.810. The molecule has 0 unspecified atom stereocenters. The molecule has 0 saturated heterocycles. The van der Waals surface area contributed by atoms with E-state index in [2.05, 4.69) is 5.92 Å². The Balaban J connectivity index is 1.95. The average molecular weight is 250 g/mol. The summed E-state index contributed by atoms with van der Waals surface area (Å²) in [6, 6.07) is 0. The lowest BCUT2D eigenvalue weighted by atomic mass is 9.84. The number of ketones is 1. The second kappa shape index (κ2) is 9.16. The molecule has 0 radical (unpaired) electrons. The molecule has 2 heteroatoms. The Morgan fingerprint density at radius 2 is 1.78 bits per heavy atom. The van der Waals surface area contributed by atoms with Crippen LogP contribution in [-0.2, 0) is 4.79 Å². The molecule has 0 aliphatic heterocycles. The first-order chi connectivity index (χ1) is 8.72. The Bertz CT molecular complexity index is 269. The molecule has 0 amide bonds. The van der Waals surface area contributed by atoms with Gasteiger partial charge in [0.2, 0.25) is 0 Å². The molecule has 1 fully saturated rings. The second-order valence-corrected chi connectivity index (χ2v) is 5.52. The summed E-state index contributed by atoms with van der Waals surface area (Å²) < 4.78 is 0. The summed E-state index contributed by atoms with van der Waals surface area (Å²) >= 11 is 0. The van der Waals surface area contributed by atoms with Crippen molar-refractivity contribution in [2.45, 2.75) is 76.7 Å². The lowest BCUT2D eigenvalue weighted by Gasteiger charge is -2.25. The van der Waals surface area contributed by atoms with E-state index in [1.165, 1.54) is 6.42 Å². The van der Waals surface area contributed by atoms with Crippen molar-refractivity contribution < 1.29 is 9.90 Å². The van der Waals surface area contributed by atoms with Gasteiger partial charge < -0.3 is 5.11 Å². The van der Waals surface area contributed by atoms with Crippen LogP contribution in [0.15, 0.2) is 0 Å². The van der Waals surface area contributed by atoms with Crippen LogP contribution in [0.4, 0.5) is 0 Å². The predicted octanol–water partition coefficient (Wildman–Crippen LogP) is 3.47. The molecule has 1 rings (SSSR count). The zero-order valence-corrected chi connectivity index (χ0v) is 11.4. The number of carbonyl (C=O) groups is 1. The Kier molecular flexibility index (Phi) is 7.76. The van der Waals surface area contributed by atoms with Crippen molar-refractivity contribution in [2.24, 2.45) is 5.92 Å². The van der Waals surface area contributed by atoms with E-state index in [9.17, 15) is 9.90 Å². The van der Waals surface area contributed by atoms with Crippen LogP contribution >= 0.6 is 0 Å². The van der Waals surface area contributed by atoms with Crippen molar-refractivity contribution in [3.05, 3.63) is 0 Å². The SMILES string of the molecule is C#CCCCC(=O)CCCCC1CCC(O)CC1. The van der Waals surface area contributed by atoms with Crippen LogP contribution in [0.5, 0.6) is 0 Å². The fourth-order valence-corrected chi connectivity index (χ4v) is 2.70. The second-order valence-electron chi connectivity index (χ2n) is 5.52. The van der Waals surface area contributed by atoms with Gasteiger partial charge in [-0.15, -0.1) is 12.3 Å². The summed E-state index contributed by atoms with van der Waals surface area (Å²) in [4.78, 5) is 11.5. The molecule has 0 aromatic rings. The van der Waals surface area contributed by atoms with Gasteiger partial charge >= 0.3 is 0 Å². The summed E-state index contributed by atoms with van der Waals surface area (Å²) in [6.45, 7) is 0. The fraction of sp³-hybridized carbons (Fsp3) is 0.812. The maximum Gasteiger partial charge on any atom is 0.132 e. The van der Waals surface area contributed by atoms with Crippen molar-refractivity contribution in [3.8, 4) is 12.3 Å². The predicted molar refractivity (Wildman–Crippen MR) is 74.1 cm³/mol. The Labute approximate surface area is 111 Å². The van der Waals surface area contributed by atoms with Crippen molar-refractivity contribution >= 4 is 5.78 Å². The van der Waals surface area contributed by atoms with E-state index in [0.717, 1.165) is 63.7 Å². The minimum Gasteiger partial charge on any atom is -0.393 e. The largest absolute Gasteiger partial charge is 0.393 e. The summed E-state index contributed by atoms with van der Waals surface area (Å²) in [7, 11) is 0. The van der Waals surface area contributed by atoms with E-state index in [0.29, 0.717) is 12.2 Å². The molecular weight excluding hydrogens is 224 g/mol. The summed E-state index contributed by atoms with van der Waals surface area (Å²) in [6.07, 6.45) is 15.7. The minimum absolute atomic E-state index is 0.0565. The highest BCUT2D eigenvalue weighted by Crippen LogP contribution is 2.28. The van der Waals surface area contributed by atoms with Crippen LogP contribution in [-0.4, -0.2) is 17.0 Å². The van der Waals surface area contributed by atoms with Crippen molar-refractivity contribution in [2.75, 3.05) is 0 Å². The first-order valence-corrected chi connectivity index (χ1v) is 7.35. The van der Waals surface area contributed by atoms with Gasteiger partial charge in [0, 0.05) is 19.3 Å². The summed E-state index contributed by atoms with van der Waals surface area (Å²) in [5, 5.41) is 9.42. The van der Waals surface area contributed by atoms with E-state index in [4.69, 9.17) is 6.42 Å². The molecule has 1 saturated carbocycles. The molecular formula is C16H26O2. The van der Waals surface area contributed by atoms with Crippen molar-refractivity contribution in [3.63, 3.8) is 0 Å². The minimum atomic E-state index is -0.0565. The molecule has 102 valence electrons. The smallest absolute Gasteiger partial charge is 0.132 e. The number of terminal acetylenes is 1. The van der Waals surface area contributed by atoms with Crippen LogP contribution in [0.2, 0.25) is 0 Å². The maximum absolute atomic E-state index is 11.5. The molecule has 1 N–H and O–H groups in total. The number of aliphatic hydroxyl groups is 1. The first kappa shape index (κ1) is 15.2. The zero-order valence-electron chi connectivity index (χ0n) is 11.4. The normalized spacial score (nSPS) is 23.6. The van der Waals surface area contributed by atoms with Crippen LogP contribution in [0.25, 0.3) is 0 Å². The van der Waals surface area contributed by atoms with E-state index >= 15 is 0 Å². The highest BCUT2D eigenvalue weighted by atomic mass is 16.3. The molecule has 0 atom stereocenters. The first-order valence-electron chi connectivity index (χ1n) is 7.35. The maximum atomic E-state index is 11.5. The van der Waals surface area contributed by atoms with Gasteiger partial charge in [0.25, 0.3) is 0 Å². The van der Waals surface area contributed by atoms with Gasteiger partial charge in [-0.1, -0.05) is 12.8 Å². The highest BCUT2D eigenvalue weighted by molar-refractivity contribution is 5.78. The molecule has 1 aliphatic carbocycles. The number of rotatable bonds is 8. The van der Waals surface area contributed by atoms with Gasteiger partial charge in [0.15, 0.2) is 0 Å². The van der Waals surface area contributed by atoms with Crippen molar-refractivity contribution in [1.29, 1.82) is 0 Å². The summed E-state index contributed by atoms with van der Waals surface area (Å²) in [5.74, 6) is 3.71. The van der Waals surface area contributed by atoms with Gasteiger partial charge in [0.1, 0.15) is 5.78 Å². The van der Waals surface area contributed by atoms with Gasteiger partial charge in [-0.2, -0.15) is 0 Å². The topological polar surface area (TPSA) is 37.3 Å². The molecule has 0 spiro atoms. The van der Waals surface area contributed by atoms with Crippen LogP contribution < -0.4 is 0 Å². The number of Topliss-reactive ketones (excluding diaryl/α,β-unsaturated/α-hetero) is 1. The monoisotopic (exact) mass is 250 g/mol. The average Bonchev–Trinajstić information content (AvgIpc) is 2.37. The lowest BCUT2D eigenvalue weighted by molar-refractivity contribution is -0.119. The quantitative estimate of drug-likeness (QED) is 0.529. The molecule has 0 aromatic carbocycles. The highest BCUT2D eigenvalue weighted by Gasteiger charge is 2.18. The van der Waals surface area contributed by atoms with Crippen molar-refractivity contribution in [1.82, 2.24) is 0 Å². The van der Waals surface area contributed by atoms with Crippen LogP contribution in [0.1, 0.15) is 70.6 Å². The number of hydrogen-bond acceptors (Lipinski definition) is 2. The number of unbranched alkanes of at least 4 members (excludes halogenated alkanes) is 2. The van der Waals surface area contributed by atoms with E-state index in [1.54, 1.807) is 0 Å². The standard InChI is InChI=1S/C16H26O2/c1-2-3-4-8-15(17)9-6-5-7-14-10-12-16(18)13-11-14/h1,14,16,18H,3-13H2. The molecule has 18 heavy (non-hydrogen) atoms. The third-order valence-electron chi connectivity index (χ3n) is 3.91. The summed E-state index contributed by atoms with van der Waals surface area (Å²) in [5.41, 5.74) is 0. The number of aliphatic hydroxyl groups excluding tert-OH is 1. The molecule has 0 aromatic heterocycles. The van der Waals surface area contributed by atoms with Gasteiger partial charge in [0.05, 0.1) is 6.10 Å². The van der Waals surface area contributed by atoms with Gasteiger partial charge in [-0.3, -0.25) is 4.79 Å². The van der Waals surface area contributed by atoms with Crippen LogP contribution in [0.3, 0.4) is 0 Å². The number of carbonyl (C=O) groups excluding carboxylic acids is 1. The lowest BCUT2D eigenvalue weighted by Crippen LogP contribution is -2.18. The Morgan fingerprint density at radius 3 is 2.44 bits per heavy atom. The van der Waals surface area contributed by atoms with Gasteiger partial charge in [-0.05, 0) is 44.4 Å². The third-order valence-corrected chi connectivity index (χ3v) is 3.91. The zero-order chi connectivity index (χ0) is 13.2. The molecule has 0 heterocycles. The molecule has 2 nitrogen and oxygen atoms in total. The fourth-order valence-electron chi connectivity index (χ4n) is 2.70. The number of hydrogen-bond donors (Lipinski definition) is 1. The van der Waals surface area contributed by atoms with E-state index in [1.807, 2.05) is 0 Å². The van der Waals surface area contributed by atoms with Crippen LogP contribution in [0, 0.1) is 18.3 Å². The van der Waals surface area contributed by atoms with E-state index < -0.39 is 0 Å². The van der Waals surface area contributed by atoms with Gasteiger partial charge in [-0.25, -0.2) is 0 Å². The third kappa shape index (κ3) is 6.81. The molecule has 0 bridgehead atoms. The Morgan fingerprint density at radius 1 is 1.11 bits per heavy atom. The molecule has 1 aliphatic rings.